The quantitative estimate of drug-likeness (QED) is 0.727. The molecule has 1 aromatic heterocycles. The number of hydrogen-bond acceptors (Lipinski definition) is 5. The van der Waals surface area contributed by atoms with Crippen molar-refractivity contribution in [3.8, 4) is 11.5 Å². The second-order valence-electron chi connectivity index (χ2n) is 4.67. The van der Waals surface area contributed by atoms with Gasteiger partial charge in [0.05, 0.1) is 27.0 Å². The third kappa shape index (κ3) is 2.73. The molecule has 0 saturated heterocycles. The van der Waals surface area contributed by atoms with Crippen LogP contribution < -0.4 is 11.1 Å². The van der Waals surface area contributed by atoms with Gasteiger partial charge in [0.2, 0.25) is 0 Å². The molecular formula is C15H12Cl2N4O. The molecule has 22 heavy (non-hydrogen) atoms. The van der Waals surface area contributed by atoms with E-state index in [4.69, 9.17) is 33.4 Å². The van der Waals surface area contributed by atoms with Crippen molar-refractivity contribution in [2.75, 3.05) is 11.1 Å². The Labute approximate surface area is 137 Å². The van der Waals surface area contributed by atoms with Crippen LogP contribution in [-0.4, -0.2) is 10.2 Å². The zero-order valence-electron chi connectivity index (χ0n) is 11.6. The minimum absolute atomic E-state index is 0.0106. The third-order valence-electron chi connectivity index (χ3n) is 3.14. The van der Waals surface area contributed by atoms with Crippen LogP contribution in [0.3, 0.4) is 0 Å². The first-order chi connectivity index (χ1) is 10.6. The highest BCUT2D eigenvalue weighted by Crippen LogP contribution is 2.37. The van der Waals surface area contributed by atoms with E-state index in [-0.39, 0.29) is 6.01 Å². The summed E-state index contributed by atoms with van der Waals surface area (Å²) in [5, 5.41) is 11.9. The number of hydrogen-bond donors (Lipinski definition) is 2. The Morgan fingerprint density at radius 2 is 1.86 bits per heavy atom. The Bertz CT molecular complexity index is 832. The van der Waals surface area contributed by atoms with Crippen molar-refractivity contribution in [1.29, 1.82) is 0 Å². The molecule has 0 saturated carbocycles. The Hall–Kier alpha value is -2.24. The highest BCUT2D eigenvalue weighted by Gasteiger charge is 2.14. The van der Waals surface area contributed by atoms with Crippen LogP contribution in [0.4, 0.5) is 17.4 Å². The molecule has 0 aliphatic heterocycles. The molecular weight excluding hydrogens is 323 g/mol. The summed E-state index contributed by atoms with van der Waals surface area (Å²) in [6.45, 7) is 1.91. The summed E-state index contributed by atoms with van der Waals surface area (Å²) in [6.07, 6.45) is 0. The van der Waals surface area contributed by atoms with Gasteiger partial charge in [0.25, 0.3) is 5.89 Å². The lowest BCUT2D eigenvalue weighted by Crippen LogP contribution is -1.96. The smallest absolute Gasteiger partial charge is 0.313 e. The number of rotatable bonds is 3. The van der Waals surface area contributed by atoms with Gasteiger partial charge in [0.1, 0.15) is 0 Å². The normalized spacial score (nSPS) is 10.7. The van der Waals surface area contributed by atoms with Crippen LogP contribution in [0.2, 0.25) is 10.0 Å². The van der Waals surface area contributed by atoms with Crippen molar-refractivity contribution < 1.29 is 4.42 Å². The molecule has 5 nitrogen and oxygen atoms in total. The summed E-state index contributed by atoms with van der Waals surface area (Å²) < 4.78 is 5.28. The maximum atomic E-state index is 6.33. The molecule has 3 aromatic rings. The zero-order chi connectivity index (χ0) is 15.7. The molecule has 1 heterocycles. The summed E-state index contributed by atoms with van der Waals surface area (Å²) in [6, 6.07) is 11.1. The predicted octanol–water partition coefficient (Wildman–Crippen LogP) is 4.68. The van der Waals surface area contributed by atoms with Gasteiger partial charge in [0, 0.05) is 0 Å². The largest absolute Gasteiger partial charge is 0.403 e. The number of nitrogens with one attached hydrogen (secondary N) is 1. The molecule has 0 aliphatic rings. The van der Waals surface area contributed by atoms with Gasteiger partial charge in [0.15, 0.2) is 0 Å². The molecule has 0 bridgehead atoms. The predicted molar refractivity (Wildman–Crippen MR) is 88.6 cm³/mol. The number of nitrogens with two attached hydrogens (primary N) is 1. The van der Waals surface area contributed by atoms with Crippen LogP contribution in [0.15, 0.2) is 40.8 Å². The van der Waals surface area contributed by atoms with Gasteiger partial charge in [-0.15, -0.1) is 5.10 Å². The Kier molecular flexibility index (Phi) is 3.92. The number of nitrogen functional groups attached to an aromatic ring is 1. The van der Waals surface area contributed by atoms with E-state index in [2.05, 4.69) is 15.5 Å². The van der Waals surface area contributed by atoms with E-state index < -0.39 is 0 Å². The molecule has 0 radical (unpaired) electrons. The molecule has 0 unspecified atom stereocenters. The summed E-state index contributed by atoms with van der Waals surface area (Å²) in [7, 11) is 0. The molecule has 7 heteroatoms. The van der Waals surface area contributed by atoms with Crippen molar-refractivity contribution in [2.24, 2.45) is 0 Å². The first-order valence-corrected chi connectivity index (χ1v) is 7.22. The molecule has 0 spiro atoms. The van der Waals surface area contributed by atoms with Gasteiger partial charge in [-0.25, -0.2) is 0 Å². The van der Waals surface area contributed by atoms with Crippen LogP contribution in [0, 0.1) is 6.92 Å². The van der Waals surface area contributed by atoms with Crippen LogP contribution in [0.5, 0.6) is 0 Å². The molecule has 0 fully saturated rings. The Balaban J connectivity index is 2.06. The molecule has 0 amide bonds. The van der Waals surface area contributed by atoms with Gasteiger partial charge in [-0.2, -0.15) is 0 Å². The van der Waals surface area contributed by atoms with Crippen LogP contribution in [-0.2, 0) is 0 Å². The number of nitrogens with zero attached hydrogens (tertiary/aromatic N) is 2. The minimum atomic E-state index is 0.0106. The zero-order valence-corrected chi connectivity index (χ0v) is 13.1. The summed E-state index contributed by atoms with van der Waals surface area (Å²) in [5.74, 6) is 0.320. The maximum Gasteiger partial charge on any atom is 0.313 e. The van der Waals surface area contributed by atoms with E-state index in [0.29, 0.717) is 27.2 Å². The molecule has 2 aromatic carbocycles. The maximum absolute atomic E-state index is 6.33. The van der Waals surface area contributed by atoms with Crippen molar-refractivity contribution in [1.82, 2.24) is 10.2 Å². The van der Waals surface area contributed by atoms with E-state index in [1.807, 2.05) is 37.3 Å². The molecule has 0 atom stereocenters. The Morgan fingerprint density at radius 3 is 2.59 bits per heavy atom. The number of halogens is 2. The van der Waals surface area contributed by atoms with Crippen molar-refractivity contribution >= 4 is 40.6 Å². The number of anilines is 3. The number of aryl methyl sites for hydroxylation is 1. The van der Waals surface area contributed by atoms with Crippen molar-refractivity contribution in [2.45, 2.75) is 6.92 Å². The fourth-order valence-corrected chi connectivity index (χ4v) is 2.49. The topological polar surface area (TPSA) is 77.0 Å². The highest BCUT2D eigenvalue weighted by molar-refractivity contribution is 6.39. The molecule has 112 valence electrons. The van der Waals surface area contributed by atoms with E-state index >= 15 is 0 Å². The van der Waals surface area contributed by atoms with Gasteiger partial charge >= 0.3 is 6.01 Å². The van der Waals surface area contributed by atoms with E-state index in [1.165, 1.54) is 0 Å². The van der Waals surface area contributed by atoms with Crippen LogP contribution >= 0.6 is 23.2 Å². The Morgan fingerprint density at radius 1 is 1.09 bits per heavy atom. The van der Waals surface area contributed by atoms with E-state index in [0.717, 1.165) is 11.3 Å². The van der Waals surface area contributed by atoms with E-state index in [9.17, 15) is 0 Å². The second-order valence-corrected chi connectivity index (χ2v) is 5.45. The lowest BCUT2D eigenvalue weighted by molar-refractivity contribution is 0.590. The molecule has 0 aliphatic carbocycles. The highest BCUT2D eigenvalue weighted by atomic mass is 35.5. The van der Waals surface area contributed by atoms with Crippen LogP contribution in [0.1, 0.15) is 5.56 Å². The molecule has 3 rings (SSSR count). The summed E-state index contributed by atoms with van der Waals surface area (Å²) >= 11 is 12.6. The van der Waals surface area contributed by atoms with Gasteiger partial charge in [-0.3, -0.25) is 0 Å². The van der Waals surface area contributed by atoms with Gasteiger partial charge in [-0.1, -0.05) is 46.5 Å². The third-order valence-corrected chi connectivity index (χ3v) is 3.94. The molecule has 3 N–H and O–H groups in total. The first kappa shape index (κ1) is 14.7. The van der Waals surface area contributed by atoms with Crippen molar-refractivity contribution in [3.05, 3.63) is 52.0 Å². The summed E-state index contributed by atoms with van der Waals surface area (Å²) in [5.41, 5.74) is 8.48. The SMILES string of the molecule is Cc1ccc(Cl)c(Nc2ccccc2-c2nnc(N)o2)c1Cl. The monoisotopic (exact) mass is 334 g/mol. The van der Waals surface area contributed by atoms with E-state index in [1.54, 1.807) is 6.07 Å². The standard InChI is InChI=1S/C15H12Cl2N4O/c1-8-6-7-10(16)13(12(8)17)19-11-5-3-2-4-9(11)14-20-21-15(18)22-14/h2-7,19H,1H3,(H2,18,21). The lowest BCUT2D eigenvalue weighted by atomic mass is 10.1. The second kappa shape index (κ2) is 5.87. The van der Waals surface area contributed by atoms with Gasteiger partial charge < -0.3 is 15.5 Å². The van der Waals surface area contributed by atoms with Crippen LogP contribution in [0.25, 0.3) is 11.5 Å². The number of para-hydroxylation sites is 1. The fourth-order valence-electron chi connectivity index (χ4n) is 2.03. The minimum Gasteiger partial charge on any atom is -0.403 e. The lowest BCUT2D eigenvalue weighted by Gasteiger charge is -2.14. The fraction of sp³-hybridized carbons (Fsp3) is 0.0667. The van der Waals surface area contributed by atoms with Crippen molar-refractivity contribution in [3.63, 3.8) is 0 Å². The average Bonchev–Trinajstić information content (AvgIpc) is 2.94. The average molecular weight is 335 g/mol. The number of aromatic nitrogens is 2. The van der Waals surface area contributed by atoms with Gasteiger partial charge in [-0.05, 0) is 30.7 Å². The first-order valence-electron chi connectivity index (χ1n) is 6.46. The number of benzene rings is 2. The summed E-state index contributed by atoms with van der Waals surface area (Å²) in [4.78, 5) is 0.